The van der Waals surface area contributed by atoms with Crippen molar-refractivity contribution in [1.29, 1.82) is 0 Å². The van der Waals surface area contributed by atoms with Crippen LogP contribution in [0.1, 0.15) is 24.9 Å². The number of likely N-dealkylation sites (N-methyl/N-ethyl adjacent to an activating group) is 1. The first-order valence-corrected chi connectivity index (χ1v) is 6.80. The summed E-state index contributed by atoms with van der Waals surface area (Å²) in [6.07, 6.45) is 5.02. The van der Waals surface area contributed by atoms with Crippen LogP contribution in [0.25, 0.3) is 10.9 Å². The van der Waals surface area contributed by atoms with E-state index in [1.807, 2.05) is 18.3 Å². The van der Waals surface area contributed by atoms with E-state index in [9.17, 15) is 0 Å². The number of hydrogen-bond donors (Lipinski definition) is 1. The number of benzene rings is 1. The lowest BCUT2D eigenvalue weighted by Crippen LogP contribution is -2.23. The van der Waals surface area contributed by atoms with Crippen molar-refractivity contribution >= 4 is 10.9 Å². The van der Waals surface area contributed by atoms with Gasteiger partial charge in [-0.2, -0.15) is 0 Å². The molecule has 98 valence electrons. The number of pyridine rings is 1. The predicted octanol–water partition coefficient (Wildman–Crippen LogP) is 3.19. The molecule has 1 atom stereocenters. The summed E-state index contributed by atoms with van der Waals surface area (Å²) in [6, 6.07) is 10.5. The summed E-state index contributed by atoms with van der Waals surface area (Å²) in [5.74, 6) is 1.04. The van der Waals surface area contributed by atoms with Crippen LogP contribution < -0.4 is 5.32 Å². The van der Waals surface area contributed by atoms with Gasteiger partial charge < -0.3 is 10.1 Å². The Kier molecular flexibility index (Phi) is 3.47. The fourth-order valence-electron chi connectivity index (χ4n) is 2.58. The van der Waals surface area contributed by atoms with Gasteiger partial charge in [-0.3, -0.25) is 4.98 Å². The standard InChI is InChI=1S/C16H18N2O/c1-2-17-16(15-9-5-11-19-15)13-6-3-8-14-12(13)7-4-10-18-14/h3-4,6-10,16-17H,2,5,11H2,1H3. The van der Waals surface area contributed by atoms with Crippen molar-refractivity contribution in [2.75, 3.05) is 13.2 Å². The Balaban J connectivity index is 2.09. The van der Waals surface area contributed by atoms with E-state index in [0.717, 1.165) is 30.8 Å². The topological polar surface area (TPSA) is 34.1 Å². The molecule has 1 N–H and O–H groups in total. The third kappa shape index (κ3) is 2.34. The minimum atomic E-state index is 0.125. The van der Waals surface area contributed by atoms with Gasteiger partial charge in [-0.05, 0) is 30.3 Å². The molecule has 3 nitrogen and oxygen atoms in total. The normalized spacial score (nSPS) is 16.2. The number of fused-ring (bicyclic) bond motifs is 1. The summed E-state index contributed by atoms with van der Waals surface area (Å²) in [7, 11) is 0. The van der Waals surface area contributed by atoms with Crippen molar-refractivity contribution in [2.24, 2.45) is 0 Å². The van der Waals surface area contributed by atoms with Crippen molar-refractivity contribution in [1.82, 2.24) is 10.3 Å². The van der Waals surface area contributed by atoms with Crippen molar-refractivity contribution in [3.8, 4) is 0 Å². The van der Waals surface area contributed by atoms with E-state index in [0.29, 0.717) is 0 Å². The molecule has 1 aromatic carbocycles. The highest BCUT2D eigenvalue weighted by Gasteiger charge is 2.21. The maximum atomic E-state index is 5.75. The molecule has 0 fully saturated rings. The monoisotopic (exact) mass is 254 g/mol. The van der Waals surface area contributed by atoms with Gasteiger partial charge in [0.2, 0.25) is 0 Å². The van der Waals surface area contributed by atoms with Crippen LogP contribution in [0.15, 0.2) is 48.4 Å². The maximum absolute atomic E-state index is 5.75. The van der Waals surface area contributed by atoms with E-state index in [-0.39, 0.29) is 6.04 Å². The minimum absolute atomic E-state index is 0.125. The zero-order chi connectivity index (χ0) is 13.1. The van der Waals surface area contributed by atoms with Gasteiger partial charge in [-0.25, -0.2) is 0 Å². The number of rotatable bonds is 4. The number of nitrogens with one attached hydrogen (secondary N) is 1. The summed E-state index contributed by atoms with van der Waals surface area (Å²) >= 11 is 0. The summed E-state index contributed by atoms with van der Waals surface area (Å²) in [5, 5.41) is 4.70. The molecule has 0 spiro atoms. The molecule has 0 aliphatic carbocycles. The van der Waals surface area contributed by atoms with Crippen molar-refractivity contribution in [3.63, 3.8) is 0 Å². The Bertz CT molecular complexity index is 601. The first-order valence-electron chi connectivity index (χ1n) is 6.80. The molecule has 2 heterocycles. The molecule has 0 amide bonds. The molecule has 3 heteroatoms. The lowest BCUT2D eigenvalue weighted by Gasteiger charge is -2.21. The lowest BCUT2D eigenvalue weighted by atomic mass is 9.99. The van der Waals surface area contributed by atoms with E-state index in [4.69, 9.17) is 4.74 Å². The highest BCUT2D eigenvalue weighted by atomic mass is 16.5. The molecule has 0 radical (unpaired) electrons. The zero-order valence-electron chi connectivity index (χ0n) is 11.1. The van der Waals surface area contributed by atoms with E-state index >= 15 is 0 Å². The van der Waals surface area contributed by atoms with Gasteiger partial charge >= 0.3 is 0 Å². The number of aromatic nitrogens is 1. The third-order valence-electron chi connectivity index (χ3n) is 3.42. The van der Waals surface area contributed by atoms with Crippen molar-refractivity contribution in [2.45, 2.75) is 19.4 Å². The lowest BCUT2D eigenvalue weighted by molar-refractivity contribution is 0.216. The van der Waals surface area contributed by atoms with E-state index in [2.05, 4.69) is 41.5 Å². The van der Waals surface area contributed by atoms with Crippen LogP contribution >= 0.6 is 0 Å². The summed E-state index contributed by atoms with van der Waals surface area (Å²) in [5.41, 5.74) is 2.27. The van der Waals surface area contributed by atoms with Gasteiger partial charge in [0, 0.05) is 18.0 Å². The molecule has 0 bridgehead atoms. The smallest absolute Gasteiger partial charge is 0.114 e. The maximum Gasteiger partial charge on any atom is 0.114 e. The molecule has 1 aromatic heterocycles. The zero-order valence-corrected chi connectivity index (χ0v) is 11.1. The average molecular weight is 254 g/mol. The van der Waals surface area contributed by atoms with Crippen molar-refractivity contribution < 1.29 is 4.74 Å². The van der Waals surface area contributed by atoms with E-state index in [1.165, 1.54) is 10.9 Å². The summed E-state index contributed by atoms with van der Waals surface area (Å²) < 4.78 is 5.75. The molecule has 1 aliphatic rings. The van der Waals surface area contributed by atoms with Gasteiger partial charge in [-0.1, -0.05) is 25.1 Å². The highest BCUT2D eigenvalue weighted by molar-refractivity contribution is 5.82. The second-order valence-corrected chi connectivity index (χ2v) is 4.65. The summed E-state index contributed by atoms with van der Waals surface area (Å²) in [6.45, 7) is 3.81. The van der Waals surface area contributed by atoms with Gasteiger partial charge in [0.15, 0.2) is 0 Å². The Hall–Kier alpha value is -1.87. The van der Waals surface area contributed by atoms with Gasteiger partial charge in [0.1, 0.15) is 5.76 Å². The third-order valence-corrected chi connectivity index (χ3v) is 3.42. The minimum Gasteiger partial charge on any atom is -0.496 e. The first kappa shape index (κ1) is 12.2. The Morgan fingerprint density at radius 2 is 2.26 bits per heavy atom. The second kappa shape index (κ2) is 5.41. The molecule has 1 unspecified atom stereocenters. The van der Waals surface area contributed by atoms with Gasteiger partial charge in [0.05, 0.1) is 18.2 Å². The molecule has 0 saturated heterocycles. The van der Waals surface area contributed by atoms with E-state index in [1.54, 1.807) is 0 Å². The predicted molar refractivity (Wildman–Crippen MR) is 76.8 cm³/mol. The van der Waals surface area contributed by atoms with E-state index < -0.39 is 0 Å². The number of nitrogens with zero attached hydrogens (tertiary/aromatic N) is 1. The molecule has 0 saturated carbocycles. The molecular weight excluding hydrogens is 236 g/mol. The fraction of sp³-hybridized carbons (Fsp3) is 0.312. The largest absolute Gasteiger partial charge is 0.496 e. The first-order chi connectivity index (χ1) is 9.40. The summed E-state index contributed by atoms with van der Waals surface area (Å²) in [4.78, 5) is 4.42. The highest BCUT2D eigenvalue weighted by Crippen LogP contribution is 2.30. The number of ether oxygens (including phenoxy) is 1. The van der Waals surface area contributed by atoms with Crippen LogP contribution in [-0.4, -0.2) is 18.1 Å². The van der Waals surface area contributed by atoms with Crippen molar-refractivity contribution in [3.05, 3.63) is 53.9 Å². The van der Waals surface area contributed by atoms with Crippen LogP contribution in [0.5, 0.6) is 0 Å². The molecule has 19 heavy (non-hydrogen) atoms. The van der Waals surface area contributed by atoms with Crippen LogP contribution in [0.3, 0.4) is 0 Å². The SMILES string of the molecule is CCNC(C1=CCCO1)c1cccc2ncccc12. The van der Waals surface area contributed by atoms with Crippen LogP contribution in [0.4, 0.5) is 0 Å². The molecule has 2 aromatic rings. The quantitative estimate of drug-likeness (QED) is 0.909. The average Bonchev–Trinajstić information content (AvgIpc) is 2.98. The van der Waals surface area contributed by atoms with Crippen LogP contribution in [0.2, 0.25) is 0 Å². The van der Waals surface area contributed by atoms with Gasteiger partial charge in [-0.15, -0.1) is 0 Å². The number of hydrogen-bond acceptors (Lipinski definition) is 3. The Morgan fingerprint density at radius 1 is 1.32 bits per heavy atom. The second-order valence-electron chi connectivity index (χ2n) is 4.65. The molecule has 3 rings (SSSR count). The Labute approximate surface area is 113 Å². The Morgan fingerprint density at radius 3 is 3.05 bits per heavy atom. The van der Waals surface area contributed by atoms with Crippen LogP contribution in [0, 0.1) is 0 Å². The van der Waals surface area contributed by atoms with Gasteiger partial charge in [0.25, 0.3) is 0 Å². The molecular formula is C16H18N2O. The fourth-order valence-corrected chi connectivity index (χ4v) is 2.58. The molecule has 1 aliphatic heterocycles. The van der Waals surface area contributed by atoms with Crippen LogP contribution in [-0.2, 0) is 4.74 Å².